The molecule has 0 bridgehead atoms. The normalized spacial score (nSPS) is 14.9. The maximum atomic E-state index is 11.4. The fourth-order valence-electron chi connectivity index (χ4n) is 1.36. The van der Waals surface area contributed by atoms with Crippen LogP contribution >= 0.6 is 0 Å². The van der Waals surface area contributed by atoms with Gasteiger partial charge >= 0.3 is 0 Å². The van der Waals surface area contributed by atoms with E-state index in [1.807, 2.05) is 0 Å². The van der Waals surface area contributed by atoms with Gasteiger partial charge in [-0.25, -0.2) is 5.84 Å². The number of ether oxygens (including phenoxy) is 2. The number of hydrogen-bond acceptors (Lipinski definition) is 6. The van der Waals surface area contributed by atoms with Gasteiger partial charge in [-0.2, -0.15) is 0 Å². The van der Waals surface area contributed by atoms with Crippen LogP contribution in [0.25, 0.3) is 0 Å². The number of carbonyl (C=O) groups excluding carboxylic acids is 1. The predicted molar refractivity (Wildman–Crippen MR) is 58.5 cm³/mol. The lowest BCUT2D eigenvalue weighted by atomic mass is 10.2. The van der Waals surface area contributed by atoms with Crippen LogP contribution in [0.1, 0.15) is 0 Å². The smallest absolute Gasteiger partial charge is 0.253 e. The van der Waals surface area contributed by atoms with E-state index in [0.29, 0.717) is 6.54 Å². The topological polar surface area (TPSA) is 97.0 Å². The molecule has 0 aromatic rings. The van der Waals surface area contributed by atoms with Crippen molar-refractivity contribution in [3.63, 3.8) is 0 Å². The quantitative estimate of drug-likeness (QED) is 0.254. The average Bonchev–Trinajstić information content (AvgIpc) is 2.24. The lowest BCUT2D eigenvalue weighted by Gasteiger charge is -2.27. The van der Waals surface area contributed by atoms with Crippen LogP contribution in [0.15, 0.2) is 0 Å². The molecule has 0 aromatic carbocycles. The molecule has 7 nitrogen and oxygen atoms in total. The van der Waals surface area contributed by atoms with Gasteiger partial charge in [0.1, 0.15) is 6.04 Å². The minimum absolute atomic E-state index is 0.208. The molecule has 7 heteroatoms. The van der Waals surface area contributed by atoms with Crippen LogP contribution in [-0.4, -0.2) is 69.1 Å². The van der Waals surface area contributed by atoms with Crippen LogP contribution in [0, 0.1) is 0 Å². The number of rotatable bonds is 8. The molecule has 96 valence electrons. The van der Waals surface area contributed by atoms with Crippen molar-refractivity contribution in [2.45, 2.75) is 12.1 Å². The summed E-state index contributed by atoms with van der Waals surface area (Å²) in [6, 6.07) is -0.526. The number of hydrazine groups is 1. The summed E-state index contributed by atoms with van der Waals surface area (Å²) in [5, 5.41) is 9.52. The summed E-state index contributed by atoms with van der Waals surface area (Å²) in [7, 11) is 4.70. The maximum Gasteiger partial charge on any atom is 0.253 e. The number of nitrogens with two attached hydrogens (primary N) is 1. The highest BCUT2D eigenvalue weighted by atomic mass is 16.5. The molecular weight excluding hydrogens is 214 g/mol. The zero-order chi connectivity index (χ0) is 12.6. The second-order valence-corrected chi connectivity index (χ2v) is 3.53. The molecule has 0 saturated heterocycles. The van der Waals surface area contributed by atoms with Crippen LogP contribution in [0.3, 0.4) is 0 Å². The Bertz CT molecular complexity index is 203. The van der Waals surface area contributed by atoms with Crippen molar-refractivity contribution in [2.75, 3.05) is 41.0 Å². The lowest BCUT2D eigenvalue weighted by molar-refractivity contribution is -0.128. The maximum absolute atomic E-state index is 11.4. The molecule has 0 saturated carbocycles. The van der Waals surface area contributed by atoms with Crippen molar-refractivity contribution in [2.24, 2.45) is 5.84 Å². The Morgan fingerprint density at radius 3 is 2.44 bits per heavy atom. The highest BCUT2D eigenvalue weighted by molar-refractivity contribution is 5.81. The first kappa shape index (κ1) is 15.3. The van der Waals surface area contributed by atoms with Crippen LogP contribution in [0.2, 0.25) is 0 Å². The van der Waals surface area contributed by atoms with Gasteiger partial charge in [-0.3, -0.25) is 15.1 Å². The number of hydrogen-bond donors (Lipinski definition) is 3. The molecule has 0 rings (SSSR count). The Morgan fingerprint density at radius 2 is 2.00 bits per heavy atom. The average molecular weight is 235 g/mol. The number of likely N-dealkylation sites (N-methyl/N-ethyl adjacent to an activating group) is 1. The SMILES string of the molecule is COCC(O)CN(C)C(COC)C(=O)NN. The molecule has 0 aliphatic rings. The van der Waals surface area contributed by atoms with E-state index in [1.54, 1.807) is 11.9 Å². The molecule has 0 aromatic heterocycles. The lowest BCUT2D eigenvalue weighted by Crippen LogP contribution is -2.52. The van der Waals surface area contributed by atoms with Gasteiger partial charge in [0.2, 0.25) is 0 Å². The number of carbonyl (C=O) groups is 1. The Morgan fingerprint density at radius 1 is 1.44 bits per heavy atom. The first-order chi connectivity index (χ1) is 7.56. The first-order valence-corrected chi connectivity index (χ1v) is 4.93. The third-order valence-electron chi connectivity index (χ3n) is 2.16. The van der Waals surface area contributed by atoms with E-state index in [2.05, 4.69) is 5.43 Å². The molecule has 0 aliphatic carbocycles. The molecule has 0 radical (unpaired) electrons. The number of methoxy groups -OCH3 is 2. The van der Waals surface area contributed by atoms with Gasteiger partial charge in [0.25, 0.3) is 5.91 Å². The highest BCUT2D eigenvalue weighted by Crippen LogP contribution is 2.00. The molecule has 1 amide bonds. The Kier molecular flexibility index (Phi) is 8.04. The van der Waals surface area contributed by atoms with Crippen molar-refractivity contribution in [3.05, 3.63) is 0 Å². The van der Waals surface area contributed by atoms with Gasteiger partial charge in [-0.1, -0.05) is 0 Å². The Hall–Kier alpha value is -0.730. The molecule has 0 fully saturated rings. The van der Waals surface area contributed by atoms with Crippen molar-refractivity contribution in [1.29, 1.82) is 0 Å². The minimum atomic E-state index is -0.653. The van der Waals surface area contributed by atoms with Gasteiger partial charge < -0.3 is 14.6 Å². The van der Waals surface area contributed by atoms with E-state index < -0.39 is 12.1 Å². The van der Waals surface area contributed by atoms with Gasteiger partial charge in [0.15, 0.2) is 0 Å². The monoisotopic (exact) mass is 235 g/mol. The summed E-state index contributed by atoms with van der Waals surface area (Å²) >= 11 is 0. The number of amides is 1. The van der Waals surface area contributed by atoms with E-state index in [4.69, 9.17) is 15.3 Å². The summed E-state index contributed by atoms with van der Waals surface area (Å²) in [4.78, 5) is 13.1. The summed E-state index contributed by atoms with van der Waals surface area (Å²) in [6.45, 7) is 0.725. The highest BCUT2D eigenvalue weighted by Gasteiger charge is 2.24. The Balaban J connectivity index is 4.25. The summed E-state index contributed by atoms with van der Waals surface area (Å²) in [5.74, 6) is 4.71. The third kappa shape index (κ3) is 5.38. The molecule has 0 spiro atoms. The molecule has 16 heavy (non-hydrogen) atoms. The number of nitrogens with one attached hydrogen (secondary N) is 1. The van der Waals surface area contributed by atoms with E-state index in [-0.39, 0.29) is 19.1 Å². The number of aliphatic hydroxyl groups excluding tert-OH is 1. The van der Waals surface area contributed by atoms with Crippen molar-refractivity contribution in [3.8, 4) is 0 Å². The summed E-state index contributed by atoms with van der Waals surface area (Å²) in [5.41, 5.74) is 2.06. The van der Waals surface area contributed by atoms with Crippen LogP contribution in [0.4, 0.5) is 0 Å². The third-order valence-corrected chi connectivity index (χ3v) is 2.16. The zero-order valence-electron chi connectivity index (χ0n) is 9.97. The Labute approximate surface area is 95.5 Å². The van der Waals surface area contributed by atoms with E-state index in [9.17, 15) is 9.90 Å². The number of aliphatic hydroxyl groups is 1. The molecule has 2 unspecified atom stereocenters. The second-order valence-electron chi connectivity index (χ2n) is 3.53. The van der Waals surface area contributed by atoms with Gasteiger partial charge in [0.05, 0.1) is 19.3 Å². The fraction of sp³-hybridized carbons (Fsp3) is 0.889. The predicted octanol–water partition coefficient (Wildman–Crippen LogP) is -2.07. The van der Waals surface area contributed by atoms with Crippen LogP contribution in [-0.2, 0) is 14.3 Å². The fourth-order valence-corrected chi connectivity index (χ4v) is 1.36. The van der Waals surface area contributed by atoms with Crippen molar-refractivity contribution < 1.29 is 19.4 Å². The molecular formula is C9H21N3O4. The molecule has 4 N–H and O–H groups in total. The van der Waals surface area contributed by atoms with Crippen molar-refractivity contribution >= 4 is 5.91 Å². The second kappa shape index (κ2) is 8.43. The zero-order valence-corrected chi connectivity index (χ0v) is 9.97. The summed E-state index contributed by atoms with van der Waals surface area (Å²) in [6.07, 6.45) is -0.653. The largest absolute Gasteiger partial charge is 0.389 e. The van der Waals surface area contributed by atoms with Gasteiger partial charge in [0, 0.05) is 20.8 Å². The minimum Gasteiger partial charge on any atom is -0.389 e. The standard InChI is InChI=1S/C9H21N3O4/c1-12(4-7(13)5-15-2)8(6-16-3)9(14)11-10/h7-8,13H,4-6,10H2,1-3H3,(H,11,14). The van der Waals surface area contributed by atoms with Gasteiger partial charge in [-0.05, 0) is 7.05 Å². The van der Waals surface area contributed by atoms with E-state index in [1.165, 1.54) is 14.2 Å². The molecule has 2 atom stereocenters. The van der Waals surface area contributed by atoms with Gasteiger partial charge in [-0.15, -0.1) is 0 Å². The van der Waals surface area contributed by atoms with Crippen LogP contribution < -0.4 is 11.3 Å². The molecule has 0 heterocycles. The van der Waals surface area contributed by atoms with Crippen molar-refractivity contribution in [1.82, 2.24) is 10.3 Å². The first-order valence-electron chi connectivity index (χ1n) is 4.93. The van der Waals surface area contributed by atoms with Crippen LogP contribution in [0.5, 0.6) is 0 Å². The molecule has 0 aliphatic heterocycles. The number of nitrogens with zero attached hydrogens (tertiary/aromatic N) is 1. The van der Waals surface area contributed by atoms with E-state index in [0.717, 1.165) is 0 Å². The summed E-state index contributed by atoms with van der Waals surface area (Å²) < 4.78 is 9.72. The van der Waals surface area contributed by atoms with E-state index >= 15 is 0 Å².